The maximum Gasteiger partial charge on any atom is 0.315 e. The van der Waals surface area contributed by atoms with Crippen LogP contribution in [0, 0.1) is 50.2 Å². The zero-order valence-electron chi connectivity index (χ0n) is 29.0. The Morgan fingerprint density at radius 3 is 2.12 bits per heavy atom. The molecule has 0 spiro atoms. The third-order valence-electron chi connectivity index (χ3n) is 15.4. The number of fused-ring (bicyclic) bond motifs is 7. The lowest BCUT2D eigenvalue weighted by Gasteiger charge is -2.71. The Hall–Kier alpha value is -1.64. The van der Waals surface area contributed by atoms with Gasteiger partial charge in [0, 0.05) is 5.92 Å². The number of hydrogen-bond acceptors (Lipinski definition) is 11. The van der Waals surface area contributed by atoms with Gasteiger partial charge in [0.1, 0.15) is 24.4 Å². The van der Waals surface area contributed by atoms with Gasteiger partial charge in [-0.1, -0.05) is 46.3 Å². The minimum Gasteiger partial charge on any atom is -0.481 e. The van der Waals surface area contributed by atoms with Crippen LogP contribution < -0.4 is 0 Å². The fourth-order valence-corrected chi connectivity index (χ4v) is 12.1. The van der Waals surface area contributed by atoms with Crippen LogP contribution in [0.25, 0.3) is 0 Å². The first-order chi connectivity index (χ1) is 22.2. The van der Waals surface area contributed by atoms with Crippen molar-refractivity contribution in [2.75, 3.05) is 6.61 Å². The van der Waals surface area contributed by atoms with Gasteiger partial charge >= 0.3 is 11.9 Å². The molecule has 272 valence electrons. The predicted octanol–water partition coefficient (Wildman–Crippen LogP) is 1.50. The molecule has 0 aromatic carbocycles. The van der Waals surface area contributed by atoms with Gasteiger partial charge in [0.05, 0.1) is 35.7 Å². The van der Waals surface area contributed by atoms with Crippen molar-refractivity contribution >= 4 is 11.9 Å². The normalized spacial score (nSPS) is 54.4. The number of carboxylic acids is 1. The molecule has 12 nitrogen and oxygen atoms in total. The molecule has 6 rings (SSSR count). The average Bonchev–Trinajstić information content (AvgIpc) is 3.02. The van der Waals surface area contributed by atoms with Gasteiger partial charge in [-0.2, -0.15) is 0 Å². The summed E-state index contributed by atoms with van der Waals surface area (Å²) in [5.74, 6) is -2.82. The van der Waals surface area contributed by atoms with Crippen LogP contribution in [0.3, 0.4) is 0 Å². The van der Waals surface area contributed by atoms with E-state index in [4.69, 9.17) is 9.47 Å². The van der Waals surface area contributed by atoms with Crippen LogP contribution in [-0.2, 0) is 19.1 Å². The summed E-state index contributed by atoms with van der Waals surface area (Å²) in [5.41, 5.74) is -3.75. The first kappa shape index (κ1) is 36.2. The number of rotatable bonds is 4. The summed E-state index contributed by atoms with van der Waals surface area (Å²) in [5, 5.41) is 85.7. The zero-order chi connectivity index (χ0) is 35.6. The van der Waals surface area contributed by atoms with Crippen LogP contribution in [0.2, 0.25) is 0 Å². The van der Waals surface area contributed by atoms with E-state index in [1.54, 1.807) is 6.92 Å². The molecular weight excluding hydrogens is 624 g/mol. The Balaban J connectivity index is 1.40. The summed E-state index contributed by atoms with van der Waals surface area (Å²) in [4.78, 5) is 27.2. The first-order valence-electron chi connectivity index (χ1n) is 17.7. The molecule has 4 saturated carbocycles. The van der Waals surface area contributed by atoms with Crippen molar-refractivity contribution in [3.8, 4) is 0 Å². The summed E-state index contributed by atoms with van der Waals surface area (Å²) in [6.45, 7) is 11.4. The van der Waals surface area contributed by atoms with Crippen LogP contribution in [0.15, 0.2) is 11.6 Å². The Bertz CT molecular complexity index is 1350. The Kier molecular flexibility index (Phi) is 8.61. The molecule has 1 aliphatic heterocycles. The largest absolute Gasteiger partial charge is 0.481 e. The molecule has 0 aromatic heterocycles. The number of hydrogen-bond donors (Lipinski definition) is 8. The topological polar surface area (TPSA) is 214 Å². The van der Waals surface area contributed by atoms with Crippen LogP contribution in [0.4, 0.5) is 0 Å². The van der Waals surface area contributed by atoms with E-state index in [1.165, 1.54) is 0 Å². The van der Waals surface area contributed by atoms with E-state index < -0.39 is 106 Å². The highest BCUT2D eigenvalue weighted by atomic mass is 16.7. The summed E-state index contributed by atoms with van der Waals surface area (Å²) in [6, 6.07) is 0. The molecular formula is C36H56O12. The second-order valence-corrected chi connectivity index (χ2v) is 17.8. The molecule has 12 heteroatoms. The van der Waals surface area contributed by atoms with Crippen molar-refractivity contribution in [2.24, 2.45) is 50.2 Å². The molecule has 1 saturated heterocycles. The van der Waals surface area contributed by atoms with Crippen molar-refractivity contribution in [1.29, 1.82) is 0 Å². The molecule has 48 heavy (non-hydrogen) atoms. The van der Waals surface area contributed by atoms with Crippen LogP contribution >= 0.6 is 0 Å². The van der Waals surface area contributed by atoms with E-state index in [0.717, 1.165) is 5.57 Å². The van der Waals surface area contributed by atoms with Crippen molar-refractivity contribution in [1.82, 2.24) is 0 Å². The number of esters is 1. The first-order valence-corrected chi connectivity index (χ1v) is 17.7. The monoisotopic (exact) mass is 680 g/mol. The third kappa shape index (κ3) is 4.55. The van der Waals surface area contributed by atoms with Crippen molar-refractivity contribution in [2.45, 2.75) is 142 Å². The number of aliphatic carboxylic acids is 1. The highest BCUT2D eigenvalue weighted by molar-refractivity contribution is 5.79. The summed E-state index contributed by atoms with van der Waals surface area (Å²) in [7, 11) is 0. The number of carbonyl (C=O) groups is 2. The van der Waals surface area contributed by atoms with E-state index in [9.17, 15) is 50.4 Å². The number of aliphatic hydroxyl groups excluding tert-OH is 7. The summed E-state index contributed by atoms with van der Waals surface area (Å²) >= 11 is 0. The van der Waals surface area contributed by atoms with E-state index >= 15 is 0 Å². The van der Waals surface area contributed by atoms with Gasteiger partial charge in [0.25, 0.3) is 0 Å². The molecule has 16 atom stereocenters. The molecule has 0 aromatic rings. The Labute approximate surface area is 282 Å². The molecule has 5 aliphatic carbocycles. The maximum atomic E-state index is 14.4. The second kappa shape index (κ2) is 11.4. The number of aliphatic hydroxyl groups is 7. The lowest BCUT2D eigenvalue weighted by molar-refractivity contribution is -0.298. The van der Waals surface area contributed by atoms with Gasteiger partial charge in [-0.25, -0.2) is 0 Å². The third-order valence-corrected chi connectivity index (χ3v) is 15.4. The molecule has 0 unspecified atom stereocenters. The minimum absolute atomic E-state index is 0.0411. The van der Waals surface area contributed by atoms with E-state index in [1.807, 2.05) is 13.8 Å². The van der Waals surface area contributed by atoms with Gasteiger partial charge in [0.15, 0.2) is 0 Å². The van der Waals surface area contributed by atoms with E-state index in [2.05, 4.69) is 26.8 Å². The zero-order valence-corrected chi connectivity index (χ0v) is 29.0. The van der Waals surface area contributed by atoms with Gasteiger partial charge in [0.2, 0.25) is 6.29 Å². The smallest absolute Gasteiger partial charge is 0.315 e. The molecule has 6 aliphatic rings. The van der Waals surface area contributed by atoms with Crippen LogP contribution in [0.1, 0.15) is 92.9 Å². The summed E-state index contributed by atoms with van der Waals surface area (Å²) < 4.78 is 11.4. The lowest BCUT2D eigenvalue weighted by Crippen LogP contribution is -2.69. The summed E-state index contributed by atoms with van der Waals surface area (Å²) in [6.07, 6.45) is -5.35. The van der Waals surface area contributed by atoms with Crippen LogP contribution in [-0.4, -0.2) is 108 Å². The second-order valence-electron chi connectivity index (χ2n) is 17.8. The molecule has 8 N–H and O–H groups in total. The Morgan fingerprint density at radius 1 is 0.854 bits per heavy atom. The highest BCUT2D eigenvalue weighted by Gasteiger charge is 2.73. The molecule has 0 amide bonds. The van der Waals surface area contributed by atoms with Gasteiger partial charge in [-0.3, -0.25) is 9.59 Å². The number of carboxylic acid groups (broad SMARTS) is 1. The predicted molar refractivity (Wildman–Crippen MR) is 170 cm³/mol. The standard InChI is InChI=1S/C36H56O12/c1-31(2)11-13-36(30(46)48-28-25(41)24(40)23(39)19(16-37)47-28)14-12-33(4)17(22(36)27(31)43)7-8-20-32(3)15-18(38)26(42)35(6,29(44)45)21(32)9-10-34(20,33)5/h7,18-28,37-43H,8-16H2,1-6H3,(H,44,45)/t18-,19-,20-,21-,22-,23-,24+,25-,26+,27-,28+,32-,33-,34-,35-,36+/m1/s1. The quantitative estimate of drug-likeness (QED) is 0.157. The lowest BCUT2D eigenvalue weighted by atomic mass is 9.33. The molecule has 5 fully saturated rings. The Morgan fingerprint density at radius 2 is 1.50 bits per heavy atom. The fraction of sp³-hybridized carbons (Fsp3) is 0.889. The number of allylic oxidation sites excluding steroid dienone is 1. The van der Waals surface area contributed by atoms with Gasteiger partial charge in [-0.15, -0.1) is 0 Å². The SMILES string of the molecule is CC1(C)CC[C@]2(C(=O)O[C@@H]3O[C@H](CO)[C@@H](O)[C@H](O)[C@H]3O)CC[C@]3(C)C(=CC[C@@H]4[C@@]5(C)C[C@@H](O)[C@H](O)[C@](C)(C(=O)O)[C@@H]5CC[C@]43C)[C@@H]2[C@H]1O. The van der Waals surface area contributed by atoms with E-state index in [-0.39, 0.29) is 18.3 Å². The highest BCUT2D eigenvalue weighted by Crippen LogP contribution is 2.76. The van der Waals surface area contributed by atoms with Crippen LogP contribution in [0.5, 0.6) is 0 Å². The van der Waals surface area contributed by atoms with E-state index in [0.29, 0.717) is 44.9 Å². The molecule has 0 bridgehead atoms. The average molecular weight is 681 g/mol. The van der Waals surface area contributed by atoms with Gasteiger partial charge in [-0.05, 0) is 91.8 Å². The molecule has 0 radical (unpaired) electrons. The maximum absolute atomic E-state index is 14.4. The number of carbonyl (C=O) groups excluding carboxylic acids is 1. The van der Waals surface area contributed by atoms with Crippen molar-refractivity contribution in [3.05, 3.63) is 11.6 Å². The fourth-order valence-electron chi connectivity index (χ4n) is 12.1. The number of ether oxygens (including phenoxy) is 2. The van der Waals surface area contributed by atoms with Gasteiger partial charge < -0.3 is 50.3 Å². The van der Waals surface area contributed by atoms with Crippen molar-refractivity contribution < 1.29 is 59.9 Å². The van der Waals surface area contributed by atoms with Crippen molar-refractivity contribution in [3.63, 3.8) is 0 Å². The molecule has 1 heterocycles. The minimum atomic E-state index is -1.74.